The van der Waals surface area contributed by atoms with E-state index < -0.39 is 29.5 Å². The Balaban J connectivity index is 4.78. The molecule has 0 amide bonds. The van der Waals surface area contributed by atoms with Gasteiger partial charge in [0, 0.05) is 0 Å². The van der Waals surface area contributed by atoms with Crippen LogP contribution in [0.5, 0.6) is 0 Å². The standard InChI is InChI=1S/C6H9N3O4/c1-2(9-6(7)8)3(4(10)11)5(12)13/h3H,1H2,(H,10,11)(H,12,13)(H4,7,8,9). The average Bonchev–Trinajstić information content (AvgIpc) is 1.81. The molecule has 7 nitrogen and oxygen atoms in total. The maximum absolute atomic E-state index is 10.4. The number of nitrogens with two attached hydrogens (primary N) is 2. The molecule has 0 saturated heterocycles. The average molecular weight is 187 g/mol. The van der Waals surface area contributed by atoms with Crippen LogP contribution >= 0.6 is 0 Å². The van der Waals surface area contributed by atoms with Crippen molar-refractivity contribution in [3.63, 3.8) is 0 Å². The highest BCUT2D eigenvalue weighted by atomic mass is 16.4. The highest BCUT2D eigenvalue weighted by molar-refractivity contribution is 5.96. The number of rotatable bonds is 4. The Kier molecular flexibility index (Phi) is 3.45. The van der Waals surface area contributed by atoms with Crippen LogP contribution in [0.1, 0.15) is 0 Å². The second kappa shape index (κ2) is 4.10. The van der Waals surface area contributed by atoms with E-state index in [2.05, 4.69) is 11.6 Å². The predicted molar refractivity (Wildman–Crippen MR) is 43.7 cm³/mol. The predicted octanol–water partition coefficient (Wildman–Crippen LogP) is -1.44. The van der Waals surface area contributed by atoms with Crippen molar-refractivity contribution in [1.29, 1.82) is 0 Å². The molecular weight excluding hydrogens is 178 g/mol. The molecule has 0 radical (unpaired) electrons. The third-order valence-corrected chi connectivity index (χ3v) is 1.10. The lowest BCUT2D eigenvalue weighted by Crippen LogP contribution is -2.28. The van der Waals surface area contributed by atoms with E-state index >= 15 is 0 Å². The van der Waals surface area contributed by atoms with E-state index in [4.69, 9.17) is 21.7 Å². The fraction of sp³-hybridized carbons (Fsp3) is 0.167. The van der Waals surface area contributed by atoms with Crippen LogP contribution < -0.4 is 11.5 Å². The van der Waals surface area contributed by atoms with Crippen LogP contribution in [0.4, 0.5) is 0 Å². The van der Waals surface area contributed by atoms with E-state index in [1.807, 2.05) is 0 Å². The molecule has 0 spiro atoms. The van der Waals surface area contributed by atoms with Gasteiger partial charge in [0.05, 0.1) is 5.70 Å². The first-order valence-corrected chi connectivity index (χ1v) is 3.10. The molecule has 0 bridgehead atoms. The van der Waals surface area contributed by atoms with Crippen LogP contribution in [-0.2, 0) is 9.59 Å². The summed E-state index contributed by atoms with van der Waals surface area (Å²) in [6.45, 7) is 3.13. The molecule has 0 heterocycles. The van der Waals surface area contributed by atoms with E-state index in [1.54, 1.807) is 0 Å². The van der Waals surface area contributed by atoms with Gasteiger partial charge in [0.15, 0.2) is 11.9 Å². The number of nitrogens with zero attached hydrogens (tertiary/aromatic N) is 1. The van der Waals surface area contributed by atoms with Crippen molar-refractivity contribution in [1.82, 2.24) is 0 Å². The summed E-state index contributed by atoms with van der Waals surface area (Å²) in [6, 6.07) is 0. The molecule has 0 rings (SSSR count). The number of guanidine groups is 1. The normalized spacial score (nSPS) is 9.31. The summed E-state index contributed by atoms with van der Waals surface area (Å²) >= 11 is 0. The third kappa shape index (κ3) is 3.23. The van der Waals surface area contributed by atoms with Gasteiger partial charge in [0.25, 0.3) is 0 Å². The maximum Gasteiger partial charge on any atom is 0.324 e. The minimum Gasteiger partial charge on any atom is -0.480 e. The molecule has 13 heavy (non-hydrogen) atoms. The van der Waals surface area contributed by atoms with Crippen molar-refractivity contribution in [2.45, 2.75) is 0 Å². The second-order valence-corrected chi connectivity index (χ2v) is 2.14. The van der Waals surface area contributed by atoms with E-state index in [9.17, 15) is 9.59 Å². The van der Waals surface area contributed by atoms with E-state index in [-0.39, 0.29) is 0 Å². The second-order valence-electron chi connectivity index (χ2n) is 2.14. The van der Waals surface area contributed by atoms with Gasteiger partial charge in [-0.1, -0.05) is 6.58 Å². The molecule has 0 aromatic heterocycles. The Morgan fingerprint density at radius 2 is 1.62 bits per heavy atom. The van der Waals surface area contributed by atoms with Gasteiger partial charge in [-0.15, -0.1) is 0 Å². The highest BCUT2D eigenvalue weighted by Gasteiger charge is 2.28. The molecule has 0 atom stereocenters. The minimum atomic E-state index is -1.82. The summed E-state index contributed by atoms with van der Waals surface area (Å²) in [6.07, 6.45) is 0. The van der Waals surface area contributed by atoms with Crippen molar-refractivity contribution in [2.24, 2.45) is 22.4 Å². The van der Waals surface area contributed by atoms with E-state index in [0.717, 1.165) is 0 Å². The molecule has 0 fully saturated rings. The Labute approximate surface area is 73.4 Å². The zero-order chi connectivity index (χ0) is 10.6. The number of aliphatic imine (C=N–C) groups is 1. The number of carboxylic acid groups (broad SMARTS) is 2. The van der Waals surface area contributed by atoms with Gasteiger partial charge in [-0.25, -0.2) is 4.99 Å². The molecule has 6 N–H and O–H groups in total. The smallest absolute Gasteiger partial charge is 0.324 e. The third-order valence-electron chi connectivity index (χ3n) is 1.10. The topological polar surface area (TPSA) is 139 Å². The van der Waals surface area contributed by atoms with Crippen LogP contribution in [0.2, 0.25) is 0 Å². The van der Waals surface area contributed by atoms with Gasteiger partial charge in [0.1, 0.15) is 0 Å². The number of carbonyl (C=O) groups is 2. The molecule has 0 unspecified atom stereocenters. The van der Waals surface area contributed by atoms with Crippen molar-refractivity contribution in [2.75, 3.05) is 0 Å². The molecular formula is C6H9N3O4. The lowest BCUT2D eigenvalue weighted by molar-refractivity contribution is -0.152. The maximum atomic E-state index is 10.4. The first-order valence-electron chi connectivity index (χ1n) is 3.10. The monoisotopic (exact) mass is 187 g/mol. The zero-order valence-electron chi connectivity index (χ0n) is 6.60. The number of aliphatic carboxylic acids is 2. The molecule has 0 aliphatic heterocycles. The van der Waals surface area contributed by atoms with Crippen LogP contribution in [0.25, 0.3) is 0 Å². The Bertz CT molecular complexity index is 266. The van der Waals surface area contributed by atoms with Crippen molar-refractivity contribution in [3.05, 3.63) is 12.3 Å². The summed E-state index contributed by atoms with van der Waals surface area (Å²) in [7, 11) is 0. The zero-order valence-corrected chi connectivity index (χ0v) is 6.60. The lowest BCUT2D eigenvalue weighted by atomic mass is 10.1. The molecule has 0 aromatic rings. The summed E-state index contributed by atoms with van der Waals surface area (Å²) < 4.78 is 0. The summed E-state index contributed by atoms with van der Waals surface area (Å²) in [5, 5.41) is 16.9. The number of hydrogen-bond acceptors (Lipinski definition) is 3. The van der Waals surface area contributed by atoms with Gasteiger partial charge < -0.3 is 21.7 Å². The lowest BCUT2D eigenvalue weighted by Gasteiger charge is -2.05. The van der Waals surface area contributed by atoms with Crippen LogP contribution in [-0.4, -0.2) is 28.1 Å². The van der Waals surface area contributed by atoms with Gasteiger partial charge in [-0.2, -0.15) is 0 Å². The molecule has 0 aliphatic rings. The molecule has 0 aliphatic carbocycles. The van der Waals surface area contributed by atoms with Crippen molar-refractivity contribution < 1.29 is 19.8 Å². The van der Waals surface area contributed by atoms with E-state index in [0.29, 0.717) is 0 Å². The fourth-order valence-electron chi connectivity index (χ4n) is 0.621. The first kappa shape index (κ1) is 11.0. The summed E-state index contributed by atoms with van der Waals surface area (Å²) in [5.74, 6) is -5.38. The van der Waals surface area contributed by atoms with Crippen LogP contribution in [0, 0.1) is 5.92 Å². The van der Waals surface area contributed by atoms with Gasteiger partial charge in [-0.05, 0) is 0 Å². The summed E-state index contributed by atoms with van der Waals surface area (Å²) in [5.41, 5.74) is 9.41. The van der Waals surface area contributed by atoms with E-state index in [1.165, 1.54) is 0 Å². The Morgan fingerprint density at radius 3 is 1.85 bits per heavy atom. The molecule has 7 heteroatoms. The van der Waals surface area contributed by atoms with Gasteiger partial charge >= 0.3 is 11.9 Å². The van der Waals surface area contributed by atoms with Crippen molar-refractivity contribution in [3.8, 4) is 0 Å². The first-order chi connectivity index (χ1) is 5.86. The van der Waals surface area contributed by atoms with Gasteiger partial charge in [0.2, 0.25) is 0 Å². The fourth-order valence-corrected chi connectivity index (χ4v) is 0.621. The molecule has 0 aromatic carbocycles. The quantitative estimate of drug-likeness (QED) is 0.241. The van der Waals surface area contributed by atoms with Gasteiger partial charge in [-0.3, -0.25) is 9.59 Å². The Hall–Kier alpha value is -2.05. The number of carboxylic acids is 2. The minimum absolute atomic E-state index is 0.417. The highest BCUT2D eigenvalue weighted by Crippen LogP contribution is 2.10. The van der Waals surface area contributed by atoms with Crippen LogP contribution in [0.15, 0.2) is 17.3 Å². The molecule has 0 saturated carbocycles. The van der Waals surface area contributed by atoms with Crippen molar-refractivity contribution >= 4 is 17.9 Å². The van der Waals surface area contributed by atoms with Crippen LogP contribution in [0.3, 0.4) is 0 Å². The Morgan fingerprint density at radius 1 is 1.23 bits per heavy atom. The summed E-state index contributed by atoms with van der Waals surface area (Å²) in [4.78, 5) is 24.0. The number of hydrogen-bond donors (Lipinski definition) is 4. The SMILES string of the molecule is C=C(N=C(N)N)C(C(=O)O)C(=O)O. The largest absolute Gasteiger partial charge is 0.480 e. The molecule has 72 valence electrons.